The maximum Gasteiger partial charge on any atom is 0.323 e. The minimum atomic E-state index is -1.02. The monoisotopic (exact) mass is 269 g/mol. The minimum Gasteiger partial charge on any atom is -0.480 e. The van der Waals surface area contributed by atoms with Gasteiger partial charge in [-0.1, -0.05) is 6.08 Å². The molecule has 0 aromatic carbocycles. The highest BCUT2D eigenvalue weighted by molar-refractivity contribution is 5.80. The van der Waals surface area contributed by atoms with Gasteiger partial charge in [0.15, 0.2) is 0 Å². The van der Waals surface area contributed by atoms with E-state index in [1.165, 1.54) is 11.0 Å². The predicted molar refractivity (Wildman–Crippen MR) is 73.0 cm³/mol. The normalized spacial score (nSPS) is 16.9. The summed E-state index contributed by atoms with van der Waals surface area (Å²) in [6, 6.07) is -0.332. The van der Waals surface area contributed by atoms with Gasteiger partial charge in [0.2, 0.25) is 0 Å². The van der Waals surface area contributed by atoms with Crippen LogP contribution in [0.1, 0.15) is 12.8 Å². The number of hydrogen-bond acceptors (Lipinski definition) is 3. The first-order chi connectivity index (χ1) is 9.02. The van der Waals surface area contributed by atoms with Crippen LogP contribution in [0.2, 0.25) is 0 Å². The molecule has 0 atom stereocenters. The third-order valence-corrected chi connectivity index (χ3v) is 3.34. The summed E-state index contributed by atoms with van der Waals surface area (Å²) >= 11 is 0. The van der Waals surface area contributed by atoms with Crippen molar-refractivity contribution in [3.05, 3.63) is 12.7 Å². The van der Waals surface area contributed by atoms with Crippen molar-refractivity contribution in [1.29, 1.82) is 0 Å². The lowest BCUT2D eigenvalue weighted by Gasteiger charge is -2.29. The average Bonchev–Trinajstić information content (AvgIpc) is 2.37. The quantitative estimate of drug-likeness (QED) is 0.693. The molecule has 0 unspecified atom stereocenters. The zero-order chi connectivity index (χ0) is 14.3. The van der Waals surface area contributed by atoms with Crippen molar-refractivity contribution in [3.8, 4) is 0 Å². The summed E-state index contributed by atoms with van der Waals surface area (Å²) in [5.74, 6) is -0.535. The molecule has 0 bridgehead atoms. The van der Waals surface area contributed by atoms with E-state index in [0.29, 0.717) is 12.5 Å². The molecule has 0 radical (unpaired) electrons. The molecule has 6 nitrogen and oxygen atoms in total. The summed E-state index contributed by atoms with van der Waals surface area (Å²) in [7, 11) is 2.09. The summed E-state index contributed by atoms with van der Waals surface area (Å²) in [6.07, 6.45) is 3.66. The van der Waals surface area contributed by atoms with Gasteiger partial charge in [-0.15, -0.1) is 6.58 Å². The van der Waals surface area contributed by atoms with Crippen LogP contribution in [0.25, 0.3) is 0 Å². The maximum atomic E-state index is 11.9. The minimum absolute atomic E-state index is 0.242. The molecule has 0 aliphatic carbocycles. The van der Waals surface area contributed by atoms with Crippen LogP contribution < -0.4 is 5.32 Å². The number of urea groups is 1. The molecular formula is C13H23N3O3. The molecule has 0 aromatic heterocycles. The molecule has 1 aliphatic rings. The largest absolute Gasteiger partial charge is 0.480 e. The second-order valence-electron chi connectivity index (χ2n) is 5.00. The van der Waals surface area contributed by atoms with Gasteiger partial charge in [0.1, 0.15) is 6.54 Å². The molecule has 1 heterocycles. The molecule has 1 fully saturated rings. The van der Waals surface area contributed by atoms with Crippen molar-refractivity contribution in [2.75, 3.05) is 39.8 Å². The van der Waals surface area contributed by atoms with E-state index in [2.05, 4.69) is 23.8 Å². The SMILES string of the molecule is C=CCN(CC(=O)O)C(=O)NCC1CCN(C)CC1. The van der Waals surface area contributed by atoms with E-state index in [0.717, 1.165) is 25.9 Å². The van der Waals surface area contributed by atoms with Crippen LogP contribution in [-0.2, 0) is 4.79 Å². The number of rotatable bonds is 6. The number of aliphatic carboxylic acids is 1. The standard InChI is InChI=1S/C13H23N3O3/c1-3-6-16(10-12(17)18)13(19)14-9-11-4-7-15(2)8-5-11/h3,11H,1,4-10H2,2H3,(H,14,19)(H,17,18). The number of amides is 2. The number of carbonyl (C=O) groups is 2. The van der Waals surface area contributed by atoms with Gasteiger partial charge in [0.05, 0.1) is 0 Å². The molecule has 2 amide bonds. The van der Waals surface area contributed by atoms with E-state index in [-0.39, 0.29) is 19.1 Å². The molecule has 0 aromatic rings. The van der Waals surface area contributed by atoms with Gasteiger partial charge in [-0.25, -0.2) is 4.79 Å². The van der Waals surface area contributed by atoms with Crippen molar-refractivity contribution in [3.63, 3.8) is 0 Å². The molecule has 1 rings (SSSR count). The molecule has 19 heavy (non-hydrogen) atoms. The Morgan fingerprint density at radius 3 is 2.63 bits per heavy atom. The van der Waals surface area contributed by atoms with Gasteiger partial charge >= 0.3 is 12.0 Å². The number of nitrogens with zero attached hydrogens (tertiary/aromatic N) is 2. The van der Waals surface area contributed by atoms with Gasteiger partial charge in [-0.3, -0.25) is 4.79 Å². The number of piperidine rings is 1. The molecule has 0 spiro atoms. The second kappa shape index (κ2) is 7.78. The van der Waals surface area contributed by atoms with E-state index in [1.807, 2.05) is 0 Å². The summed E-state index contributed by atoms with van der Waals surface area (Å²) in [5, 5.41) is 11.6. The molecule has 108 valence electrons. The zero-order valence-electron chi connectivity index (χ0n) is 11.5. The molecule has 1 aliphatic heterocycles. The van der Waals surface area contributed by atoms with Crippen molar-refractivity contribution in [1.82, 2.24) is 15.1 Å². The first-order valence-corrected chi connectivity index (χ1v) is 6.57. The Balaban J connectivity index is 2.35. The van der Waals surface area contributed by atoms with Crippen LogP contribution in [-0.4, -0.2) is 66.7 Å². The highest BCUT2D eigenvalue weighted by atomic mass is 16.4. The number of carboxylic acids is 1. The Labute approximate surface area is 114 Å². The Bertz CT molecular complexity index is 325. The third kappa shape index (κ3) is 5.74. The Kier molecular flexibility index (Phi) is 6.35. The fourth-order valence-electron chi connectivity index (χ4n) is 2.15. The highest BCUT2D eigenvalue weighted by Crippen LogP contribution is 2.14. The average molecular weight is 269 g/mol. The van der Waals surface area contributed by atoms with Crippen LogP contribution in [0, 0.1) is 5.92 Å². The van der Waals surface area contributed by atoms with Crippen LogP contribution in [0.4, 0.5) is 4.79 Å². The van der Waals surface area contributed by atoms with Crippen molar-refractivity contribution in [2.45, 2.75) is 12.8 Å². The predicted octanol–water partition coefficient (Wildman–Crippen LogP) is 0.610. The van der Waals surface area contributed by atoms with E-state index in [1.54, 1.807) is 0 Å². The number of likely N-dealkylation sites (tertiary alicyclic amines) is 1. The lowest BCUT2D eigenvalue weighted by atomic mass is 9.97. The zero-order valence-corrected chi connectivity index (χ0v) is 11.5. The Hall–Kier alpha value is -1.56. The highest BCUT2D eigenvalue weighted by Gasteiger charge is 2.19. The molecule has 6 heteroatoms. The third-order valence-electron chi connectivity index (χ3n) is 3.34. The lowest BCUT2D eigenvalue weighted by Crippen LogP contribution is -2.45. The maximum absolute atomic E-state index is 11.9. The Morgan fingerprint density at radius 1 is 1.47 bits per heavy atom. The fraction of sp³-hybridized carbons (Fsp3) is 0.692. The van der Waals surface area contributed by atoms with Crippen LogP contribution >= 0.6 is 0 Å². The van der Waals surface area contributed by atoms with Crippen molar-refractivity contribution < 1.29 is 14.7 Å². The number of hydrogen-bond donors (Lipinski definition) is 2. The number of carboxylic acid groups (broad SMARTS) is 1. The number of nitrogens with one attached hydrogen (secondary N) is 1. The van der Waals surface area contributed by atoms with Crippen molar-refractivity contribution >= 4 is 12.0 Å². The second-order valence-corrected chi connectivity index (χ2v) is 5.00. The molecule has 2 N–H and O–H groups in total. The Morgan fingerprint density at radius 2 is 2.11 bits per heavy atom. The summed E-state index contributed by atoms with van der Waals surface area (Å²) in [5.41, 5.74) is 0. The van der Waals surface area contributed by atoms with Gasteiger partial charge in [0, 0.05) is 13.1 Å². The van der Waals surface area contributed by atoms with E-state index in [4.69, 9.17) is 5.11 Å². The molecule has 0 saturated carbocycles. The molecular weight excluding hydrogens is 246 g/mol. The lowest BCUT2D eigenvalue weighted by molar-refractivity contribution is -0.137. The first kappa shape index (κ1) is 15.5. The fourth-order valence-corrected chi connectivity index (χ4v) is 2.15. The smallest absolute Gasteiger partial charge is 0.323 e. The van der Waals surface area contributed by atoms with Crippen LogP contribution in [0.15, 0.2) is 12.7 Å². The van der Waals surface area contributed by atoms with Gasteiger partial charge in [-0.2, -0.15) is 0 Å². The van der Waals surface area contributed by atoms with Crippen LogP contribution in [0.5, 0.6) is 0 Å². The van der Waals surface area contributed by atoms with E-state index >= 15 is 0 Å². The van der Waals surface area contributed by atoms with Crippen molar-refractivity contribution in [2.24, 2.45) is 5.92 Å². The van der Waals surface area contributed by atoms with E-state index in [9.17, 15) is 9.59 Å². The topological polar surface area (TPSA) is 72.9 Å². The summed E-state index contributed by atoms with van der Waals surface area (Å²) in [6.45, 7) is 6.18. The van der Waals surface area contributed by atoms with Crippen LogP contribution in [0.3, 0.4) is 0 Å². The summed E-state index contributed by atoms with van der Waals surface area (Å²) in [4.78, 5) is 26.0. The number of carbonyl (C=O) groups excluding carboxylic acids is 1. The molecule has 1 saturated heterocycles. The van der Waals surface area contributed by atoms with Gasteiger partial charge in [0.25, 0.3) is 0 Å². The first-order valence-electron chi connectivity index (χ1n) is 6.57. The summed E-state index contributed by atoms with van der Waals surface area (Å²) < 4.78 is 0. The van der Waals surface area contributed by atoms with E-state index < -0.39 is 5.97 Å². The van der Waals surface area contributed by atoms with Gasteiger partial charge < -0.3 is 20.2 Å². The van der Waals surface area contributed by atoms with Gasteiger partial charge in [-0.05, 0) is 38.9 Å².